The lowest BCUT2D eigenvalue weighted by molar-refractivity contribution is 0.0374. The molecule has 0 aliphatic carbocycles. The monoisotopic (exact) mass is 302 g/mol. The molecule has 1 heterocycles. The van der Waals surface area contributed by atoms with Crippen LogP contribution in [0.5, 0.6) is 0 Å². The van der Waals surface area contributed by atoms with Crippen molar-refractivity contribution in [1.82, 2.24) is 10.2 Å². The molecule has 116 valence electrons. The van der Waals surface area contributed by atoms with Crippen LogP contribution in [-0.2, 0) is 4.74 Å². The molecule has 2 rings (SSSR count). The Labute approximate surface area is 120 Å². The van der Waals surface area contributed by atoms with Crippen LogP contribution in [0.1, 0.15) is 16.8 Å². The van der Waals surface area contributed by atoms with E-state index in [0.29, 0.717) is 31.9 Å². The Morgan fingerprint density at radius 2 is 1.81 bits per heavy atom. The first-order valence-corrected chi connectivity index (χ1v) is 6.81. The summed E-state index contributed by atoms with van der Waals surface area (Å²) in [6, 6.07) is 1.38. The van der Waals surface area contributed by atoms with E-state index in [1.54, 1.807) is 0 Å². The molecule has 1 aromatic carbocycles. The summed E-state index contributed by atoms with van der Waals surface area (Å²) in [7, 11) is 0. The summed E-state index contributed by atoms with van der Waals surface area (Å²) in [5, 5.41) is 2.56. The number of nitrogens with zero attached hydrogens (tertiary/aromatic N) is 1. The van der Waals surface area contributed by atoms with Gasteiger partial charge in [-0.05, 0) is 25.1 Å². The van der Waals surface area contributed by atoms with Gasteiger partial charge in [0.15, 0.2) is 17.5 Å². The molecule has 21 heavy (non-hydrogen) atoms. The summed E-state index contributed by atoms with van der Waals surface area (Å²) in [6.45, 7) is 4.35. The maximum Gasteiger partial charge on any atom is 0.251 e. The normalized spacial score (nSPS) is 16.0. The second-order valence-corrected chi connectivity index (χ2v) is 4.82. The molecule has 0 atom stereocenters. The Kier molecular flexibility index (Phi) is 5.58. The van der Waals surface area contributed by atoms with Crippen LogP contribution in [-0.4, -0.2) is 50.2 Å². The van der Waals surface area contributed by atoms with Gasteiger partial charge in [0.2, 0.25) is 0 Å². The van der Waals surface area contributed by atoms with Crippen molar-refractivity contribution >= 4 is 5.91 Å². The molecule has 0 radical (unpaired) electrons. The highest BCUT2D eigenvalue weighted by Crippen LogP contribution is 2.13. The molecule has 1 aliphatic heterocycles. The zero-order chi connectivity index (χ0) is 15.2. The van der Waals surface area contributed by atoms with Crippen molar-refractivity contribution in [3.63, 3.8) is 0 Å². The maximum absolute atomic E-state index is 13.0. The first-order valence-electron chi connectivity index (χ1n) is 6.81. The third kappa shape index (κ3) is 4.44. The molecule has 0 spiro atoms. The van der Waals surface area contributed by atoms with Gasteiger partial charge in [-0.1, -0.05) is 0 Å². The van der Waals surface area contributed by atoms with E-state index in [1.807, 2.05) is 0 Å². The van der Waals surface area contributed by atoms with E-state index in [4.69, 9.17) is 4.74 Å². The first kappa shape index (κ1) is 15.8. The molecule has 1 aliphatic rings. The van der Waals surface area contributed by atoms with E-state index in [0.717, 1.165) is 26.1 Å². The van der Waals surface area contributed by atoms with Crippen molar-refractivity contribution in [1.29, 1.82) is 0 Å². The zero-order valence-electron chi connectivity index (χ0n) is 11.5. The Morgan fingerprint density at radius 3 is 2.43 bits per heavy atom. The summed E-state index contributed by atoms with van der Waals surface area (Å²) < 4.78 is 44.0. The number of hydrogen-bond donors (Lipinski definition) is 1. The van der Waals surface area contributed by atoms with E-state index in [-0.39, 0.29) is 5.56 Å². The first-order chi connectivity index (χ1) is 10.1. The van der Waals surface area contributed by atoms with Gasteiger partial charge in [0.1, 0.15) is 0 Å². The second kappa shape index (κ2) is 7.42. The van der Waals surface area contributed by atoms with Crippen LogP contribution in [0.3, 0.4) is 0 Å². The molecule has 0 saturated carbocycles. The van der Waals surface area contributed by atoms with Crippen molar-refractivity contribution < 1.29 is 22.7 Å². The van der Waals surface area contributed by atoms with Crippen molar-refractivity contribution in [3.8, 4) is 0 Å². The molecule has 1 aromatic rings. The van der Waals surface area contributed by atoms with Crippen LogP contribution in [0, 0.1) is 17.5 Å². The SMILES string of the molecule is O=C(NCCCN1CCOCC1)c1cc(F)c(F)c(F)c1. The smallest absolute Gasteiger partial charge is 0.251 e. The van der Waals surface area contributed by atoms with E-state index in [2.05, 4.69) is 10.2 Å². The third-order valence-corrected chi connectivity index (χ3v) is 3.29. The standard InChI is InChI=1S/C14H17F3N2O2/c15-11-8-10(9-12(16)13(11)17)14(20)18-2-1-3-19-4-6-21-7-5-19/h8-9H,1-7H2,(H,18,20). The highest BCUT2D eigenvalue weighted by molar-refractivity contribution is 5.94. The Bertz CT molecular complexity index is 482. The van der Waals surface area contributed by atoms with Gasteiger partial charge in [-0.3, -0.25) is 9.69 Å². The molecule has 1 amide bonds. The minimum atomic E-state index is -1.57. The topological polar surface area (TPSA) is 41.6 Å². The van der Waals surface area contributed by atoms with Crippen molar-refractivity contribution in [2.75, 3.05) is 39.4 Å². The zero-order valence-corrected chi connectivity index (χ0v) is 11.5. The van der Waals surface area contributed by atoms with Crippen LogP contribution in [0.2, 0.25) is 0 Å². The average Bonchev–Trinajstić information content (AvgIpc) is 2.49. The third-order valence-electron chi connectivity index (χ3n) is 3.29. The summed E-state index contributed by atoms with van der Waals surface area (Å²) in [5.74, 6) is -4.92. The molecule has 1 saturated heterocycles. The number of morpholine rings is 1. The van der Waals surface area contributed by atoms with E-state index < -0.39 is 23.4 Å². The molecule has 7 heteroatoms. The minimum Gasteiger partial charge on any atom is -0.379 e. The highest BCUT2D eigenvalue weighted by Gasteiger charge is 2.15. The highest BCUT2D eigenvalue weighted by atomic mass is 19.2. The number of amides is 1. The number of rotatable bonds is 5. The molecule has 0 unspecified atom stereocenters. The fourth-order valence-corrected chi connectivity index (χ4v) is 2.12. The van der Waals surface area contributed by atoms with E-state index in [1.165, 1.54) is 0 Å². The predicted octanol–water partition coefficient (Wildman–Crippen LogP) is 1.56. The number of carbonyl (C=O) groups is 1. The van der Waals surface area contributed by atoms with Gasteiger partial charge < -0.3 is 10.1 Å². The summed E-state index contributed by atoms with van der Waals surface area (Å²) in [5.41, 5.74) is -0.224. The minimum absolute atomic E-state index is 0.224. The van der Waals surface area contributed by atoms with Crippen LogP contribution >= 0.6 is 0 Å². The molecule has 4 nitrogen and oxygen atoms in total. The largest absolute Gasteiger partial charge is 0.379 e. The predicted molar refractivity (Wildman–Crippen MR) is 70.5 cm³/mol. The fourth-order valence-electron chi connectivity index (χ4n) is 2.12. The van der Waals surface area contributed by atoms with Gasteiger partial charge >= 0.3 is 0 Å². The van der Waals surface area contributed by atoms with Gasteiger partial charge in [0, 0.05) is 25.2 Å². The van der Waals surface area contributed by atoms with Crippen LogP contribution in [0.25, 0.3) is 0 Å². The number of ether oxygens (including phenoxy) is 1. The molecule has 0 aromatic heterocycles. The van der Waals surface area contributed by atoms with Crippen LogP contribution in [0.15, 0.2) is 12.1 Å². The van der Waals surface area contributed by atoms with Gasteiger partial charge in [-0.2, -0.15) is 0 Å². The number of carbonyl (C=O) groups excluding carboxylic acids is 1. The lowest BCUT2D eigenvalue weighted by atomic mass is 10.2. The summed E-state index contributed by atoms with van der Waals surface area (Å²) in [6.07, 6.45) is 0.720. The molecule has 1 N–H and O–H groups in total. The Hall–Kier alpha value is -1.60. The molecular formula is C14H17F3N2O2. The van der Waals surface area contributed by atoms with Crippen molar-refractivity contribution in [3.05, 3.63) is 35.1 Å². The van der Waals surface area contributed by atoms with Crippen molar-refractivity contribution in [2.24, 2.45) is 0 Å². The molecule has 0 bridgehead atoms. The van der Waals surface area contributed by atoms with Crippen LogP contribution < -0.4 is 5.32 Å². The van der Waals surface area contributed by atoms with Gasteiger partial charge in [-0.25, -0.2) is 13.2 Å². The fraction of sp³-hybridized carbons (Fsp3) is 0.500. The number of halogens is 3. The average molecular weight is 302 g/mol. The molecular weight excluding hydrogens is 285 g/mol. The molecule has 1 fully saturated rings. The Balaban J connectivity index is 1.76. The van der Waals surface area contributed by atoms with Gasteiger partial charge in [-0.15, -0.1) is 0 Å². The van der Waals surface area contributed by atoms with Gasteiger partial charge in [0.05, 0.1) is 13.2 Å². The van der Waals surface area contributed by atoms with Crippen LogP contribution in [0.4, 0.5) is 13.2 Å². The lowest BCUT2D eigenvalue weighted by Gasteiger charge is -2.26. The lowest BCUT2D eigenvalue weighted by Crippen LogP contribution is -2.38. The van der Waals surface area contributed by atoms with Gasteiger partial charge in [0.25, 0.3) is 5.91 Å². The van der Waals surface area contributed by atoms with Crippen molar-refractivity contribution in [2.45, 2.75) is 6.42 Å². The van der Waals surface area contributed by atoms with E-state index >= 15 is 0 Å². The quantitative estimate of drug-likeness (QED) is 0.663. The number of nitrogens with one attached hydrogen (secondary N) is 1. The summed E-state index contributed by atoms with van der Waals surface area (Å²) in [4.78, 5) is 13.9. The number of benzene rings is 1. The van der Waals surface area contributed by atoms with E-state index in [9.17, 15) is 18.0 Å². The second-order valence-electron chi connectivity index (χ2n) is 4.82. The number of hydrogen-bond acceptors (Lipinski definition) is 3. The summed E-state index contributed by atoms with van der Waals surface area (Å²) >= 11 is 0. The maximum atomic E-state index is 13.0. The Morgan fingerprint density at radius 1 is 1.19 bits per heavy atom.